The number of nitro groups is 1. The number of benzene rings is 1. The molecule has 0 saturated carbocycles. The van der Waals surface area contributed by atoms with E-state index in [0.717, 1.165) is 3.57 Å². The quantitative estimate of drug-likeness (QED) is 0.395. The highest BCUT2D eigenvalue weighted by molar-refractivity contribution is 14.1. The molecule has 0 amide bonds. The van der Waals surface area contributed by atoms with Crippen LogP contribution in [0.25, 0.3) is 5.69 Å². The molecular formula is C9H7IN4O2. The molecule has 0 spiro atoms. The number of nitrogens with zero attached hydrogens (tertiary/aromatic N) is 3. The smallest absolute Gasteiger partial charge is 0.317 e. The van der Waals surface area contributed by atoms with Crippen LogP contribution >= 0.6 is 22.6 Å². The molecule has 0 unspecified atom stereocenters. The minimum atomic E-state index is -0.501. The number of nitro benzene ring substituents is 1. The minimum absolute atomic E-state index is 0.123. The molecule has 0 fully saturated rings. The summed E-state index contributed by atoms with van der Waals surface area (Å²) in [5.41, 5.74) is 5.96. The van der Waals surface area contributed by atoms with E-state index < -0.39 is 4.92 Å². The van der Waals surface area contributed by atoms with E-state index in [2.05, 4.69) is 27.7 Å². The lowest BCUT2D eigenvalue weighted by molar-refractivity contribution is -0.383. The topological polar surface area (TPSA) is 87.0 Å². The molecule has 1 aromatic carbocycles. The lowest BCUT2D eigenvalue weighted by Crippen LogP contribution is -2.03. The van der Waals surface area contributed by atoms with Gasteiger partial charge in [0.15, 0.2) is 0 Å². The highest BCUT2D eigenvalue weighted by Crippen LogP contribution is 2.28. The Balaban J connectivity index is 2.65. The molecule has 7 heteroatoms. The van der Waals surface area contributed by atoms with Crippen LogP contribution in [-0.2, 0) is 0 Å². The van der Waals surface area contributed by atoms with Crippen molar-refractivity contribution in [2.75, 3.05) is 5.73 Å². The first-order chi connectivity index (χ1) is 7.59. The predicted molar refractivity (Wildman–Crippen MR) is 67.3 cm³/mol. The SMILES string of the molecule is Nc1cccc(-n2cc(I)cn2)c1[N+](=O)[O-]. The number of halogens is 1. The Bertz CT molecular complexity index is 552. The van der Waals surface area contributed by atoms with Crippen LogP contribution in [0.4, 0.5) is 11.4 Å². The lowest BCUT2D eigenvalue weighted by Gasteiger charge is -2.04. The number of nitrogens with two attached hydrogens (primary N) is 1. The summed E-state index contributed by atoms with van der Waals surface area (Å²) in [4.78, 5) is 10.4. The largest absolute Gasteiger partial charge is 0.393 e. The van der Waals surface area contributed by atoms with Crippen LogP contribution in [0.3, 0.4) is 0 Å². The van der Waals surface area contributed by atoms with Gasteiger partial charge in [0.1, 0.15) is 11.4 Å². The molecule has 0 aliphatic rings. The van der Waals surface area contributed by atoms with Crippen molar-refractivity contribution in [1.82, 2.24) is 9.78 Å². The highest BCUT2D eigenvalue weighted by Gasteiger charge is 2.19. The molecule has 6 nitrogen and oxygen atoms in total. The second-order valence-electron chi connectivity index (χ2n) is 3.08. The fraction of sp³-hybridized carbons (Fsp3) is 0. The van der Waals surface area contributed by atoms with E-state index in [-0.39, 0.29) is 11.4 Å². The van der Waals surface area contributed by atoms with Gasteiger partial charge in [-0.15, -0.1) is 0 Å². The Morgan fingerprint density at radius 3 is 2.81 bits per heavy atom. The fourth-order valence-corrected chi connectivity index (χ4v) is 1.75. The molecule has 16 heavy (non-hydrogen) atoms. The third kappa shape index (κ3) is 1.85. The van der Waals surface area contributed by atoms with Gasteiger partial charge >= 0.3 is 5.69 Å². The number of para-hydroxylation sites is 1. The molecule has 1 heterocycles. The third-order valence-electron chi connectivity index (χ3n) is 2.03. The highest BCUT2D eigenvalue weighted by atomic mass is 127. The summed E-state index contributed by atoms with van der Waals surface area (Å²) < 4.78 is 2.34. The lowest BCUT2D eigenvalue weighted by atomic mass is 10.2. The van der Waals surface area contributed by atoms with E-state index in [9.17, 15) is 10.1 Å². The van der Waals surface area contributed by atoms with E-state index in [0.29, 0.717) is 5.69 Å². The summed E-state index contributed by atoms with van der Waals surface area (Å²) >= 11 is 2.08. The molecule has 2 aromatic rings. The number of rotatable bonds is 2. The van der Waals surface area contributed by atoms with Gasteiger partial charge in [-0.3, -0.25) is 10.1 Å². The molecule has 0 aliphatic heterocycles. The van der Waals surface area contributed by atoms with Crippen LogP contribution in [0.15, 0.2) is 30.6 Å². The van der Waals surface area contributed by atoms with Gasteiger partial charge in [0.05, 0.1) is 14.7 Å². The number of nitrogen functional groups attached to an aromatic ring is 1. The Kier molecular flexibility index (Phi) is 2.77. The Hall–Kier alpha value is -1.64. The van der Waals surface area contributed by atoms with Crippen molar-refractivity contribution in [3.05, 3.63) is 44.3 Å². The molecule has 0 radical (unpaired) electrons. The zero-order valence-corrected chi connectivity index (χ0v) is 10.2. The van der Waals surface area contributed by atoms with Gasteiger partial charge in [-0.2, -0.15) is 5.10 Å². The van der Waals surface area contributed by atoms with Crippen LogP contribution in [0, 0.1) is 13.7 Å². The van der Waals surface area contributed by atoms with E-state index >= 15 is 0 Å². The van der Waals surface area contributed by atoms with Gasteiger partial charge in [-0.05, 0) is 34.7 Å². The summed E-state index contributed by atoms with van der Waals surface area (Å²) in [6.07, 6.45) is 3.32. The van der Waals surface area contributed by atoms with Crippen molar-refractivity contribution in [2.24, 2.45) is 0 Å². The van der Waals surface area contributed by atoms with Gasteiger partial charge in [-0.25, -0.2) is 4.68 Å². The summed E-state index contributed by atoms with van der Waals surface area (Å²) in [7, 11) is 0. The van der Waals surface area contributed by atoms with Crippen molar-refractivity contribution < 1.29 is 4.92 Å². The average Bonchev–Trinajstić information content (AvgIpc) is 2.63. The van der Waals surface area contributed by atoms with E-state index in [4.69, 9.17) is 5.73 Å². The number of hydrogen-bond acceptors (Lipinski definition) is 4. The number of hydrogen-bond donors (Lipinski definition) is 1. The molecule has 1 aromatic heterocycles. The molecule has 0 aliphatic carbocycles. The van der Waals surface area contributed by atoms with Crippen LogP contribution < -0.4 is 5.73 Å². The van der Waals surface area contributed by atoms with Gasteiger partial charge in [0, 0.05) is 6.20 Å². The molecular weight excluding hydrogens is 323 g/mol. The van der Waals surface area contributed by atoms with Crippen LogP contribution in [0.2, 0.25) is 0 Å². The van der Waals surface area contributed by atoms with Crippen molar-refractivity contribution in [2.45, 2.75) is 0 Å². The maximum atomic E-state index is 10.9. The van der Waals surface area contributed by atoms with Crippen molar-refractivity contribution in [3.8, 4) is 5.69 Å². The average molecular weight is 330 g/mol. The van der Waals surface area contributed by atoms with Crippen molar-refractivity contribution in [1.29, 1.82) is 0 Å². The summed E-state index contributed by atoms with van der Waals surface area (Å²) in [5, 5.41) is 14.9. The number of anilines is 1. The number of aromatic nitrogens is 2. The summed E-state index contributed by atoms with van der Waals surface area (Å²) in [6, 6.07) is 4.76. The maximum Gasteiger partial charge on any atom is 0.317 e. The molecule has 0 bridgehead atoms. The van der Waals surface area contributed by atoms with E-state index in [1.54, 1.807) is 24.5 Å². The monoisotopic (exact) mass is 330 g/mol. The van der Waals surface area contributed by atoms with Gasteiger partial charge in [0.2, 0.25) is 0 Å². The van der Waals surface area contributed by atoms with Gasteiger partial charge < -0.3 is 5.73 Å². The maximum absolute atomic E-state index is 10.9. The molecule has 0 saturated heterocycles. The standard InChI is InChI=1S/C9H7IN4O2/c10-6-4-12-13(5-6)8-3-1-2-7(11)9(8)14(15)16/h1-5H,11H2. The van der Waals surface area contributed by atoms with Crippen molar-refractivity contribution >= 4 is 34.0 Å². The Labute approximate surface area is 104 Å². The van der Waals surface area contributed by atoms with Crippen LogP contribution in [-0.4, -0.2) is 14.7 Å². The van der Waals surface area contributed by atoms with Crippen LogP contribution in [0.1, 0.15) is 0 Å². The second-order valence-corrected chi connectivity index (χ2v) is 4.32. The zero-order valence-electron chi connectivity index (χ0n) is 8.00. The molecule has 2 rings (SSSR count). The fourth-order valence-electron chi connectivity index (χ4n) is 1.37. The van der Waals surface area contributed by atoms with Gasteiger partial charge in [0.25, 0.3) is 0 Å². The second kappa shape index (κ2) is 4.08. The first kappa shape index (κ1) is 10.9. The Morgan fingerprint density at radius 1 is 1.50 bits per heavy atom. The molecule has 82 valence electrons. The predicted octanol–water partition coefficient (Wildman–Crippen LogP) is 1.97. The normalized spacial score (nSPS) is 10.3. The zero-order chi connectivity index (χ0) is 11.7. The molecule has 2 N–H and O–H groups in total. The first-order valence-electron chi connectivity index (χ1n) is 4.33. The third-order valence-corrected chi connectivity index (χ3v) is 2.58. The van der Waals surface area contributed by atoms with Crippen LogP contribution in [0.5, 0.6) is 0 Å². The first-order valence-corrected chi connectivity index (χ1v) is 5.41. The Morgan fingerprint density at radius 2 is 2.25 bits per heavy atom. The van der Waals surface area contributed by atoms with Gasteiger partial charge in [-0.1, -0.05) is 6.07 Å². The van der Waals surface area contributed by atoms with E-state index in [1.165, 1.54) is 10.7 Å². The minimum Gasteiger partial charge on any atom is -0.393 e. The van der Waals surface area contributed by atoms with Crippen molar-refractivity contribution in [3.63, 3.8) is 0 Å². The summed E-state index contributed by atoms with van der Waals surface area (Å²) in [6.45, 7) is 0. The summed E-state index contributed by atoms with van der Waals surface area (Å²) in [5.74, 6) is 0. The van der Waals surface area contributed by atoms with E-state index in [1.807, 2.05) is 0 Å². The molecule has 0 atom stereocenters.